The minimum absolute atomic E-state index is 0.396. The fourth-order valence-electron chi connectivity index (χ4n) is 1.49. The van der Waals surface area contributed by atoms with Gasteiger partial charge in [-0.1, -0.05) is 0 Å². The van der Waals surface area contributed by atoms with Crippen molar-refractivity contribution < 1.29 is 4.74 Å². The number of ether oxygens (including phenoxy) is 1. The maximum atomic E-state index is 5.05. The Bertz CT molecular complexity index is 487. The number of methoxy groups -OCH3 is 1. The molecule has 0 radical (unpaired) electrons. The summed E-state index contributed by atoms with van der Waals surface area (Å²) in [4.78, 5) is 12.7. The van der Waals surface area contributed by atoms with Gasteiger partial charge in [0.2, 0.25) is 0 Å². The molecule has 88 valence electrons. The van der Waals surface area contributed by atoms with Crippen molar-refractivity contribution in [3.63, 3.8) is 0 Å². The van der Waals surface area contributed by atoms with Gasteiger partial charge >= 0.3 is 0 Å². The number of rotatable bonds is 4. The summed E-state index contributed by atoms with van der Waals surface area (Å²) in [5, 5.41) is 3.01. The monoisotopic (exact) mass is 230 g/mol. The molecular formula is C12H14N4O. The molecule has 0 aliphatic rings. The molecule has 2 aromatic rings. The van der Waals surface area contributed by atoms with Crippen LogP contribution in [0.1, 0.15) is 5.82 Å². The normalized spacial score (nSPS) is 10.2. The van der Waals surface area contributed by atoms with Crippen LogP contribution in [-0.2, 0) is 11.3 Å². The fraction of sp³-hybridized carbons (Fsp3) is 0.250. The van der Waals surface area contributed by atoms with Crippen molar-refractivity contribution in [3.05, 3.63) is 36.4 Å². The van der Waals surface area contributed by atoms with Gasteiger partial charge in [-0.2, -0.15) is 0 Å². The van der Waals surface area contributed by atoms with Gasteiger partial charge in [0.25, 0.3) is 0 Å². The van der Waals surface area contributed by atoms with Crippen LogP contribution in [0.15, 0.2) is 30.6 Å². The van der Waals surface area contributed by atoms with E-state index in [-0.39, 0.29) is 0 Å². The summed E-state index contributed by atoms with van der Waals surface area (Å²) < 4.78 is 5.05. The Kier molecular flexibility index (Phi) is 3.62. The fourth-order valence-corrected chi connectivity index (χ4v) is 1.49. The summed E-state index contributed by atoms with van der Waals surface area (Å²) in [5.41, 5.74) is 1.87. The minimum atomic E-state index is 0.396. The highest BCUT2D eigenvalue weighted by Crippen LogP contribution is 2.18. The highest BCUT2D eigenvalue weighted by Gasteiger charge is 2.05. The Hall–Kier alpha value is -2.01. The number of pyridine rings is 1. The van der Waals surface area contributed by atoms with Gasteiger partial charge < -0.3 is 10.1 Å². The van der Waals surface area contributed by atoms with E-state index in [4.69, 9.17) is 4.74 Å². The molecule has 0 fully saturated rings. The van der Waals surface area contributed by atoms with E-state index < -0.39 is 0 Å². The molecule has 0 aliphatic heterocycles. The predicted molar refractivity (Wildman–Crippen MR) is 65.5 cm³/mol. The third-order valence-electron chi connectivity index (χ3n) is 2.28. The van der Waals surface area contributed by atoms with Gasteiger partial charge in [0.05, 0.1) is 5.69 Å². The summed E-state index contributed by atoms with van der Waals surface area (Å²) >= 11 is 0. The van der Waals surface area contributed by atoms with Crippen molar-refractivity contribution in [3.8, 4) is 11.3 Å². The topological polar surface area (TPSA) is 59.9 Å². The molecule has 0 bridgehead atoms. The predicted octanol–water partition coefficient (Wildman–Crippen LogP) is 1.73. The Labute approximate surface area is 99.9 Å². The first-order valence-electron chi connectivity index (χ1n) is 5.28. The molecule has 2 rings (SSSR count). The number of aromatic nitrogens is 3. The highest BCUT2D eigenvalue weighted by molar-refractivity contribution is 5.61. The third kappa shape index (κ3) is 2.76. The maximum absolute atomic E-state index is 5.05. The zero-order valence-electron chi connectivity index (χ0n) is 9.84. The van der Waals surface area contributed by atoms with Crippen LogP contribution in [0.5, 0.6) is 0 Å². The largest absolute Gasteiger partial charge is 0.377 e. The van der Waals surface area contributed by atoms with Crippen molar-refractivity contribution in [1.29, 1.82) is 0 Å². The van der Waals surface area contributed by atoms with Crippen LogP contribution in [0.4, 0.5) is 5.82 Å². The van der Waals surface area contributed by atoms with Gasteiger partial charge in [0, 0.05) is 38.2 Å². The lowest BCUT2D eigenvalue weighted by atomic mass is 10.2. The van der Waals surface area contributed by atoms with E-state index in [1.807, 2.05) is 25.2 Å². The summed E-state index contributed by atoms with van der Waals surface area (Å²) in [6.45, 7) is 0.396. The van der Waals surface area contributed by atoms with Crippen LogP contribution in [0.25, 0.3) is 11.3 Å². The van der Waals surface area contributed by atoms with Crippen molar-refractivity contribution >= 4 is 5.82 Å². The van der Waals surface area contributed by atoms with Crippen LogP contribution in [0.3, 0.4) is 0 Å². The number of nitrogens with zero attached hydrogens (tertiary/aromatic N) is 3. The summed E-state index contributed by atoms with van der Waals surface area (Å²) in [6.07, 6.45) is 3.49. The molecule has 0 saturated heterocycles. The number of anilines is 1. The quantitative estimate of drug-likeness (QED) is 0.866. The first-order valence-corrected chi connectivity index (χ1v) is 5.28. The van der Waals surface area contributed by atoms with Crippen LogP contribution >= 0.6 is 0 Å². The zero-order valence-corrected chi connectivity index (χ0v) is 9.84. The Morgan fingerprint density at radius 1 is 1.24 bits per heavy atom. The molecular weight excluding hydrogens is 216 g/mol. The minimum Gasteiger partial charge on any atom is -0.377 e. The molecule has 0 aromatic carbocycles. The van der Waals surface area contributed by atoms with Gasteiger partial charge in [-0.3, -0.25) is 4.98 Å². The maximum Gasteiger partial charge on any atom is 0.157 e. The standard InChI is InChI=1S/C12H14N4O/c1-13-11-7-10(9-3-5-14-6-4-9)15-12(16-11)8-17-2/h3-7H,8H2,1-2H3,(H,13,15,16). The summed E-state index contributed by atoms with van der Waals surface area (Å²) in [5.74, 6) is 1.44. The Morgan fingerprint density at radius 3 is 2.65 bits per heavy atom. The van der Waals surface area contributed by atoms with Crippen molar-refractivity contribution in [2.24, 2.45) is 0 Å². The van der Waals surface area contributed by atoms with Crippen molar-refractivity contribution in [2.45, 2.75) is 6.61 Å². The van der Waals surface area contributed by atoms with Crippen LogP contribution < -0.4 is 5.32 Å². The van der Waals surface area contributed by atoms with E-state index in [0.29, 0.717) is 12.4 Å². The molecule has 0 aliphatic carbocycles. The highest BCUT2D eigenvalue weighted by atomic mass is 16.5. The van der Waals surface area contributed by atoms with Crippen molar-refractivity contribution in [1.82, 2.24) is 15.0 Å². The number of hydrogen-bond acceptors (Lipinski definition) is 5. The van der Waals surface area contributed by atoms with E-state index in [2.05, 4.69) is 20.3 Å². The van der Waals surface area contributed by atoms with Gasteiger partial charge in [-0.25, -0.2) is 9.97 Å². The molecule has 0 amide bonds. The number of nitrogens with one attached hydrogen (secondary N) is 1. The lowest BCUT2D eigenvalue weighted by Gasteiger charge is -2.07. The first-order chi connectivity index (χ1) is 8.33. The molecule has 1 N–H and O–H groups in total. The molecule has 0 atom stereocenters. The lowest BCUT2D eigenvalue weighted by molar-refractivity contribution is 0.178. The average Bonchev–Trinajstić information content (AvgIpc) is 2.40. The average molecular weight is 230 g/mol. The van der Waals surface area contributed by atoms with E-state index in [0.717, 1.165) is 17.1 Å². The second-order valence-electron chi connectivity index (χ2n) is 3.47. The molecule has 17 heavy (non-hydrogen) atoms. The molecule has 0 unspecified atom stereocenters. The van der Waals surface area contributed by atoms with Crippen LogP contribution in [0, 0.1) is 0 Å². The molecule has 0 saturated carbocycles. The number of hydrogen-bond donors (Lipinski definition) is 1. The van der Waals surface area contributed by atoms with E-state index >= 15 is 0 Å². The Morgan fingerprint density at radius 2 is 2.00 bits per heavy atom. The molecule has 5 heteroatoms. The van der Waals surface area contributed by atoms with E-state index in [1.54, 1.807) is 19.5 Å². The van der Waals surface area contributed by atoms with E-state index in [9.17, 15) is 0 Å². The molecule has 2 aromatic heterocycles. The summed E-state index contributed by atoms with van der Waals surface area (Å²) in [7, 11) is 3.46. The molecule has 5 nitrogen and oxygen atoms in total. The second kappa shape index (κ2) is 5.36. The lowest BCUT2D eigenvalue weighted by Crippen LogP contribution is -2.02. The van der Waals surface area contributed by atoms with Crippen molar-refractivity contribution in [2.75, 3.05) is 19.5 Å². The van der Waals surface area contributed by atoms with Crippen LogP contribution in [0.2, 0.25) is 0 Å². The third-order valence-corrected chi connectivity index (χ3v) is 2.28. The van der Waals surface area contributed by atoms with E-state index in [1.165, 1.54) is 0 Å². The molecule has 2 heterocycles. The van der Waals surface area contributed by atoms with Gasteiger partial charge in [0.15, 0.2) is 5.82 Å². The smallest absolute Gasteiger partial charge is 0.157 e. The zero-order chi connectivity index (χ0) is 12.1. The summed E-state index contributed by atoms with van der Waals surface area (Å²) in [6, 6.07) is 5.73. The van der Waals surface area contributed by atoms with Gasteiger partial charge in [-0.15, -0.1) is 0 Å². The SMILES string of the molecule is CNc1cc(-c2ccncc2)nc(COC)n1. The Balaban J connectivity index is 2.43. The van der Waals surface area contributed by atoms with Gasteiger partial charge in [-0.05, 0) is 12.1 Å². The molecule has 0 spiro atoms. The second-order valence-corrected chi connectivity index (χ2v) is 3.47. The first kappa shape index (κ1) is 11.5. The van der Waals surface area contributed by atoms with Gasteiger partial charge in [0.1, 0.15) is 12.4 Å². The van der Waals surface area contributed by atoms with Crippen LogP contribution in [-0.4, -0.2) is 29.1 Å².